The molecule has 1 aliphatic rings. The van der Waals surface area contributed by atoms with Gasteiger partial charge in [0, 0.05) is 11.9 Å². The lowest BCUT2D eigenvalue weighted by Crippen LogP contribution is -2.45. The summed E-state index contributed by atoms with van der Waals surface area (Å²) in [5.41, 5.74) is 2.44. The quantitative estimate of drug-likeness (QED) is 0.125. The SMILES string of the molecule is CCOC(=O)c1cc(C)[nH]c1/C=C1\C(=O)Nc2ccc(-c3ccnn3CCOCCN(C(=O)OC(C)(C)C)C(=O)OC(C)(C)C)nc21. The van der Waals surface area contributed by atoms with Crippen molar-refractivity contribution < 1.29 is 38.1 Å². The maximum Gasteiger partial charge on any atom is 0.419 e. The highest BCUT2D eigenvalue weighted by atomic mass is 16.6. The number of imide groups is 1. The molecular formula is C33H42N6O8. The molecule has 3 aromatic heterocycles. The molecule has 47 heavy (non-hydrogen) atoms. The number of carbonyl (C=O) groups excluding carboxylic acids is 4. The lowest BCUT2D eigenvalue weighted by Gasteiger charge is -2.28. The van der Waals surface area contributed by atoms with Crippen molar-refractivity contribution in [3.8, 4) is 11.4 Å². The highest BCUT2D eigenvalue weighted by Gasteiger charge is 2.31. The van der Waals surface area contributed by atoms with Gasteiger partial charge in [-0.05, 0) is 85.7 Å². The van der Waals surface area contributed by atoms with Crippen LogP contribution in [0.25, 0.3) is 23.0 Å². The Kier molecular flexibility index (Phi) is 10.5. The van der Waals surface area contributed by atoms with Crippen LogP contribution in [0.3, 0.4) is 0 Å². The summed E-state index contributed by atoms with van der Waals surface area (Å²) in [7, 11) is 0. The molecular weight excluding hydrogens is 608 g/mol. The fourth-order valence-electron chi connectivity index (χ4n) is 4.61. The lowest BCUT2D eigenvalue weighted by atomic mass is 10.1. The molecule has 0 bridgehead atoms. The molecule has 0 aliphatic carbocycles. The number of H-pyrrole nitrogens is 1. The Morgan fingerprint density at radius 1 is 1.00 bits per heavy atom. The summed E-state index contributed by atoms with van der Waals surface area (Å²) in [6, 6.07) is 7.01. The molecule has 1 aliphatic heterocycles. The molecule has 0 aromatic carbocycles. The van der Waals surface area contributed by atoms with Crippen molar-refractivity contribution in [2.24, 2.45) is 0 Å². The fourth-order valence-corrected chi connectivity index (χ4v) is 4.61. The van der Waals surface area contributed by atoms with Crippen molar-refractivity contribution in [1.29, 1.82) is 0 Å². The van der Waals surface area contributed by atoms with E-state index in [9.17, 15) is 19.2 Å². The highest BCUT2D eigenvalue weighted by molar-refractivity contribution is 6.34. The number of amides is 3. The van der Waals surface area contributed by atoms with E-state index in [4.69, 9.17) is 23.9 Å². The molecule has 0 saturated heterocycles. The second kappa shape index (κ2) is 14.2. The van der Waals surface area contributed by atoms with Gasteiger partial charge in [-0.25, -0.2) is 24.3 Å². The van der Waals surface area contributed by atoms with Gasteiger partial charge in [-0.3, -0.25) is 9.48 Å². The molecule has 4 heterocycles. The van der Waals surface area contributed by atoms with Crippen molar-refractivity contribution in [2.45, 2.75) is 73.1 Å². The number of carbonyl (C=O) groups is 4. The number of fused-ring (bicyclic) bond motifs is 1. The van der Waals surface area contributed by atoms with Crippen LogP contribution >= 0.6 is 0 Å². The van der Waals surface area contributed by atoms with E-state index in [0.29, 0.717) is 46.1 Å². The number of ether oxygens (including phenoxy) is 4. The van der Waals surface area contributed by atoms with E-state index >= 15 is 0 Å². The van der Waals surface area contributed by atoms with Gasteiger partial charge in [0.2, 0.25) is 0 Å². The second-order valence-electron chi connectivity index (χ2n) is 12.8. The summed E-state index contributed by atoms with van der Waals surface area (Å²) in [5, 5.41) is 7.21. The van der Waals surface area contributed by atoms with Gasteiger partial charge < -0.3 is 29.2 Å². The minimum Gasteiger partial charge on any atom is -0.462 e. The molecule has 0 spiro atoms. The van der Waals surface area contributed by atoms with Crippen molar-refractivity contribution in [2.75, 3.05) is 31.7 Å². The van der Waals surface area contributed by atoms with Crippen LogP contribution < -0.4 is 5.32 Å². The van der Waals surface area contributed by atoms with Crippen LogP contribution in [-0.2, 0) is 30.3 Å². The maximum absolute atomic E-state index is 12.9. The summed E-state index contributed by atoms with van der Waals surface area (Å²) in [6.45, 7) is 14.5. The normalized spacial score (nSPS) is 13.7. The summed E-state index contributed by atoms with van der Waals surface area (Å²) in [4.78, 5) is 59.6. The highest BCUT2D eigenvalue weighted by Crippen LogP contribution is 2.34. The number of rotatable bonds is 10. The standard InChI is InChI=1S/C33H42N6O8/c1-9-45-29(41)21-18-20(2)35-25(21)19-22-27-24(37-28(22)40)11-10-23(36-27)26-12-13-34-39(26)15-17-44-16-14-38(30(42)46-32(3,4)5)31(43)47-33(6,7)8/h10-13,18-19,35H,9,14-17H2,1-8H3,(H,37,40)/b22-19-. The molecule has 0 radical (unpaired) electrons. The molecule has 0 fully saturated rings. The average molecular weight is 651 g/mol. The van der Waals surface area contributed by atoms with E-state index < -0.39 is 29.4 Å². The van der Waals surface area contributed by atoms with E-state index in [2.05, 4.69) is 15.4 Å². The minimum absolute atomic E-state index is 0.0418. The molecule has 0 unspecified atom stereocenters. The van der Waals surface area contributed by atoms with E-state index in [1.165, 1.54) is 0 Å². The third-order valence-electron chi connectivity index (χ3n) is 6.52. The number of esters is 1. The molecule has 3 amide bonds. The van der Waals surface area contributed by atoms with Gasteiger partial charge in [0.05, 0.1) is 66.8 Å². The third-order valence-corrected chi connectivity index (χ3v) is 6.52. The summed E-state index contributed by atoms with van der Waals surface area (Å²) >= 11 is 0. The van der Waals surface area contributed by atoms with Crippen LogP contribution in [0.5, 0.6) is 0 Å². The topological polar surface area (TPSA) is 167 Å². The maximum atomic E-state index is 12.9. The van der Waals surface area contributed by atoms with Crippen LogP contribution in [0.2, 0.25) is 0 Å². The summed E-state index contributed by atoms with van der Waals surface area (Å²) < 4.78 is 23.4. The first-order valence-electron chi connectivity index (χ1n) is 15.3. The van der Waals surface area contributed by atoms with E-state index in [-0.39, 0.29) is 32.3 Å². The molecule has 252 valence electrons. The molecule has 3 aromatic rings. The van der Waals surface area contributed by atoms with Crippen LogP contribution in [0, 0.1) is 6.92 Å². The second-order valence-corrected chi connectivity index (χ2v) is 12.8. The van der Waals surface area contributed by atoms with Crippen LogP contribution in [0.4, 0.5) is 15.3 Å². The van der Waals surface area contributed by atoms with Gasteiger partial charge in [-0.15, -0.1) is 0 Å². The third kappa shape index (κ3) is 9.06. The minimum atomic E-state index is -0.822. The predicted molar refractivity (Wildman–Crippen MR) is 173 cm³/mol. The van der Waals surface area contributed by atoms with E-state index in [1.807, 2.05) is 6.92 Å². The van der Waals surface area contributed by atoms with Gasteiger partial charge in [0.1, 0.15) is 16.9 Å². The molecule has 14 nitrogen and oxygen atoms in total. The number of aryl methyl sites for hydroxylation is 1. The zero-order valence-corrected chi connectivity index (χ0v) is 28.1. The zero-order chi connectivity index (χ0) is 34.5. The smallest absolute Gasteiger partial charge is 0.419 e. The van der Waals surface area contributed by atoms with Gasteiger partial charge >= 0.3 is 18.2 Å². The van der Waals surface area contributed by atoms with Crippen molar-refractivity contribution in [3.05, 3.63) is 53.1 Å². The Balaban J connectivity index is 1.45. The summed E-state index contributed by atoms with van der Waals surface area (Å²) in [6.07, 6.45) is 1.58. The molecule has 0 saturated carbocycles. The molecule has 14 heteroatoms. The van der Waals surface area contributed by atoms with Gasteiger partial charge in [-0.2, -0.15) is 5.10 Å². The first-order chi connectivity index (χ1) is 22.1. The van der Waals surface area contributed by atoms with Gasteiger partial charge in [0.15, 0.2) is 0 Å². The first kappa shape index (κ1) is 34.9. The zero-order valence-electron chi connectivity index (χ0n) is 28.1. The Morgan fingerprint density at radius 3 is 2.32 bits per heavy atom. The van der Waals surface area contributed by atoms with Crippen LogP contribution in [0.1, 0.15) is 75.9 Å². The number of nitrogens with one attached hydrogen (secondary N) is 2. The number of pyridine rings is 1. The van der Waals surface area contributed by atoms with Crippen molar-refractivity contribution >= 4 is 41.4 Å². The Bertz CT molecular complexity index is 1650. The van der Waals surface area contributed by atoms with E-state index in [1.54, 1.807) is 89.7 Å². The number of aromatic amines is 1. The predicted octanol–water partition coefficient (Wildman–Crippen LogP) is 5.44. The number of nitrogens with zero attached hydrogens (tertiary/aromatic N) is 4. The molecule has 4 rings (SSSR count). The number of hydrogen-bond donors (Lipinski definition) is 2. The largest absolute Gasteiger partial charge is 0.462 e. The average Bonchev–Trinajstić information content (AvgIpc) is 3.65. The molecule has 2 N–H and O–H groups in total. The van der Waals surface area contributed by atoms with Crippen LogP contribution in [0.15, 0.2) is 30.5 Å². The monoisotopic (exact) mass is 650 g/mol. The Hall–Kier alpha value is -4.98. The number of hydrogen-bond acceptors (Lipinski definition) is 10. The molecule has 0 atom stereocenters. The van der Waals surface area contributed by atoms with Gasteiger partial charge in [0.25, 0.3) is 5.91 Å². The first-order valence-corrected chi connectivity index (χ1v) is 15.3. The summed E-state index contributed by atoms with van der Waals surface area (Å²) in [5.74, 6) is -0.835. The fraction of sp³-hybridized carbons (Fsp3) is 0.455. The van der Waals surface area contributed by atoms with Crippen LogP contribution in [-0.4, -0.2) is 86.3 Å². The van der Waals surface area contributed by atoms with Gasteiger partial charge in [-0.1, -0.05) is 0 Å². The Morgan fingerprint density at radius 2 is 1.68 bits per heavy atom. The van der Waals surface area contributed by atoms with E-state index in [0.717, 1.165) is 10.6 Å². The van der Waals surface area contributed by atoms with Crippen molar-refractivity contribution in [1.82, 2.24) is 24.6 Å². The van der Waals surface area contributed by atoms with Crippen molar-refractivity contribution in [3.63, 3.8) is 0 Å². The number of anilines is 1. The lowest BCUT2D eigenvalue weighted by molar-refractivity contribution is -0.110. The number of aromatic nitrogens is 4. The Labute approximate surface area is 273 Å².